The predicted octanol–water partition coefficient (Wildman–Crippen LogP) is 2.38. The van der Waals surface area contributed by atoms with Crippen molar-refractivity contribution in [2.45, 2.75) is 19.2 Å². The van der Waals surface area contributed by atoms with Crippen molar-refractivity contribution in [3.05, 3.63) is 36.1 Å². The van der Waals surface area contributed by atoms with Gasteiger partial charge in [-0.3, -0.25) is 0 Å². The molecule has 68 valence electrons. The van der Waals surface area contributed by atoms with E-state index < -0.39 is 0 Å². The number of carbonyl (C=O) groups excluding carboxylic acids is 1. The molecule has 0 unspecified atom stereocenters. The summed E-state index contributed by atoms with van der Waals surface area (Å²) in [5.74, 6) is -0.178. The lowest BCUT2D eigenvalue weighted by molar-refractivity contribution is -0.107. The third kappa shape index (κ3) is 8.79. The van der Waals surface area contributed by atoms with Crippen LogP contribution in [0.5, 0.6) is 0 Å². The molecule has 0 aliphatic heterocycles. The number of aldehydes is 1. The fourth-order valence-corrected chi connectivity index (χ4v) is 0.616. The van der Waals surface area contributed by atoms with Gasteiger partial charge in [-0.25, -0.2) is 4.39 Å². The average molecular weight is 178 g/mol. The van der Waals surface area contributed by atoms with Crippen LogP contribution < -0.4 is 0 Å². The van der Waals surface area contributed by atoms with Gasteiger partial charge >= 0.3 is 0 Å². The van der Waals surface area contributed by atoms with Crippen molar-refractivity contribution in [3.63, 3.8) is 0 Å². The molecule has 13 heavy (non-hydrogen) atoms. The summed E-state index contributed by atoms with van der Waals surface area (Å²) < 4.78 is 11.9. The lowest BCUT2D eigenvalue weighted by Gasteiger charge is -1.79. The van der Waals surface area contributed by atoms with Gasteiger partial charge in [0, 0.05) is 6.42 Å². The maximum atomic E-state index is 11.9. The summed E-state index contributed by atoms with van der Waals surface area (Å²) in [5.41, 5.74) is 0. The zero-order chi connectivity index (χ0) is 9.94. The Morgan fingerprint density at radius 2 is 1.92 bits per heavy atom. The number of rotatable bonds is 3. The van der Waals surface area contributed by atoms with Crippen LogP contribution in [0.15, 0.2) is 30.3 Å². The molecule has 0 spiro atoms. The Bertz CT molecular complexity index is 213. The summed E-state index contributed by atoms with van der Waals surface area (Å²) in [6.07, 6.45) is 2.94. The number of hydrogen-bond donors (Lipinski definition) is 0. The van der Waals surface area contributed by atoms with Crippen LogP contribution in [0.2, 0.25) is 6.32 Å². The maximum absolute atomic E-state index is 11.9. The van der Waals surface area contributed by atoms with Crippen molar-refractivity contribution in [1.82, 2.24) is 0 Å². The molecule has 1 nitrogen and oxygen atoms in total. The Morgan fingerprint density at radius 1 is 1.31 bits per heavy atom. The van der Waals surface area contributed by atoms with E-state index in [9.17, 15) is 9.18 Å². The van der Waals surface area contributed by atoms with Gasteiger partial charge in [-0.2, -0.15) is 0 Å². The first-order chi connectivity index (χ1) is 6.31. The number of benzene rings is 1. The first kappa shape index (κ1) is 11.9. The van der Waals surface area contributed by atoms with Crippen molar-refractivity contribution in [3.8, 4) is 0 Å². The number of carbonyl (C=O) groups is 1. The fourth-order valence-electron chi connectivity index (χ4n) is 0.616. The van der Waals surface area contributed by atoms with E-state index in [0.29, 0.717) is 12.7 Å². The minimum atomic E-state index is -0.178. The second-order valence-corrected chi connectivity index (χ2v) is 2.39. The van der Waals surface area contributed by atoms with Gasteiger partial charge in [0.1, 0.15) is 12.1 Å². The van der Waals surface area contributed by atoms with Crippen LogP contribution in [0.1, 0.15) is 12.8 Å². The fraction of sp³-hybridized carbons (Fsp3) is 0.300. The second-order valence-electron chi connectivity index (χ2n) is 2.39. The van der Waals surface area contributed by atoms with Crippen molar-refractivity contribution < 1.29 is 9.18 Å². The third-order valence-electron chi connectivity index (χ3n) is 1.26. The number of hydrogen-bond acceptors (Lipinski definition) is 1. The van der Waals surface area contributed by atoms with E-state index in [0.717, 1.165) is 12.7 Å². The Morgan fingerprint density at radius 3 is 2.15 bits per heavy atom. The average Bonchev–Trinajstić information content (AvgIpc) is 2.17. The molecule has 0 aromatic heterocycles. The standard InChI is InChI=1S/C6H5F.C4H7BO/c7-6-4-2-1-3-5-6;5-3-1-2-4-6/h1-5H;4H,1-3H2. The van der Waals surface area contributed by atoms with Crippen molar-refractivity contribution >= 4 is 14.1 Å². The minimum Gasteiger partial charge on any atom is -0.303 e. The quantitative estimate of drug-likeness (QED) is 0.394. The van der Waals surface area contributed by atoms with Crippen molar-refractivity contribution in [2.24, 2.45) is 0 Å². The monoisotopic (exact) mass is 178 g/mol. The van der Waals surface area contributed by atoms with Crippen LogP contribution >= 0.6 is 0 Å². The molecule has 0 aliphatic carbocycles. The molecule has 0 atom stereocenters. The number of unbranched alkanes of at least 4 members (excludes halogenated alkanes) is 1. The molecule has 1 rings (SSSR count). The molecule has 0 N–H and O–H groups in total. The molecule has 3 heteroatoms. The highest BCUT2D eigenvalue weighted by atomic mass is 19.1. The SMILES string of the molecule is Fc1ccccc1.[B]CCCC=O. The highest BCUT2D eigenvalue weighted by Crippen LogP contribution is 1.91. The van der Waals surface area contributed by atoms with Gasteiger partial charge in [0.25, 0.3) is 0 Å². The van der Waals surface area contributed by atoms with E-state index in [1.54, 1.807) is 18.2 Å². The highest BCUT2D eigenvalue weighted by Gasteiger charge is 1.77. The number of halogens is 1. The minimum absolute atomic E-state index is 0.178. The van der Waals surface area contributed by atoms with E-state index in [2.05, 4.69) is 0 Å². The summed E-state index contributed by atoms with van der Waals surface area (Å²) in [7, 11) is 5.06. The van der Waals surface area contributed by atoms with E-state index >= 15 is 0 Å². The predicted molar refractivity (Wildman–Crippen MR) is 52.3 cm³/mol. The van der Waals surface area contributed by atoms with Gasteiger partial charge in [0.2, 0.25) is 0 Å². The lowest BCUT2D eigenvalue weighted by Crippen LogP contribution is -1.72. The normalized spacial score (nSPS) is 8.38. The summed E-state index contributed by atoms with van der Waals surface area (Å²) >= 11 is 0. The lowest BCUT2D eigenvalue weighted by atomic mass is 10.0. The van der Waals surface area contributed by atoms with Crippen LogP contribution in [0.4, 0.5) is 4.39 Å². The topological polar surface area (TPSA) is 17.1 Å². The highest BCUT2D eigenvalue weighted by molar-refractivity contribution is 6.08. The maximum Gasteiger partial charge on any atom is 0.123 e. The molecule has 0 amide bonds. The van der Waals surface area contributed by atoms with Crippen molar-refractivity contribution in [1.29, 1.82) is 0 Å². The molecule has 0 saturated heterocycles. The Balaban J connectivity index is 0.000000226. The zero-order valence-electron chi connectivity index (χ0n) is 7.45. The van der Waals surface area contributed by atoms with Gasteiger partial charge in [-0.1, -0.05) is 30.9 Å². The molecular formula is C10H12BFO. The Labute approximate surface area is 79.4 Å². The van der Waals surface area contributed by atoms with Gasteiger partial charge in [-0.05, 0) is 12.1 Å². The van der Waals surface area contributed by atoms with Crippen LogP contribution in [0.25, 0.3) is 0 Å². The van der Waals surface area contributed by atoms with Crippen LogP contribution in [0.3, 0.4) is 0 Å². The third-order valence-corrected chi connectivity index (χ3v) is 1.26. The van der Waals surface area contributed by atoms with Crippen molar-refractivity contribution in [2.75, 3.05) is 0 Å². The Hall–Kier alpha value is -1.12. The molecular weight excluding hydrogens is 166 g/mol. The first-order valence-electron chi connectivity index (χ1n) is 4.15. The first-order valence-corrected chi connectivity index (χ1v) is 4.15. The molecule has 0 heterocycles. The zero-order valence-corrected chi connectivity index (χ0v) is 7.45. The molecule has 0 bridgehead atoms. The molecule has 1 aromatic carbocycles. The summed E-state index contributed by atoms with van der Waals surface area (Å²) in [5, 5.41) is 0. The summed E-state index contributed by atoms with van der Waals surface area (Å²) in [6.45, 7) is 0. The second kappa shape index (κ2) is 8.98. The van der Waals surface area contributed by atoms with Crippen LogP contribution in [-0.4, -0.2) is 14.1 Å². The van der Waals surface area contributed by atoms with E-state index in [-0.39, 0.29) is 5.82 Å². The molecule has 1 aromatic rings. The largest absolute Gasteiger partial charge is 0.303 e. The van der Waals surface area contributed by atoms with Gasteiger partial charge in [0.05, 0.1) is 7.85 Å². The van der Waals surface area contributed by atoms with Gasteiger partial charge < -0.3 is 4.79 Å². The van der Waals surface area contributed by atoms with Gasteiger partial charge in [0.15, 0.2) is 0 Å². The van der Waals surface area contributed by atoms with E-state index in [1.165, 1.54) is 12.1 Å². The van der Waals surface area contributed by atoms with Gasteiger partial charge in [-0.15, -0.1) is 0 Å². The summed E-state index contributed by atoms with van der Waals surface area (Å²) in [6, 6.07) is 7.94. The molecule has 0 fully saturated rings. The molecule has 2 radical (unpaired) electrons. The smallest absolute Gasteiger partial charge is 0.123 e. The molecule has 0 aliphatic rings. The van der Waals surface area contributed by atoms with E-state index in [1.807, 2.05) is 0 Å². The Kier molecular flexibility index (Phi) is 8.21. The van der Waals surface area contributed by atoms with Crippen LogP contribution in [-0.2, 0) is 4.79 Å². The molecule has 0 saturated carbocycles. The van der Waals surface area contributed by atoms with E-state index in [4.69, 9.17) is 7.85 Å². The van der Waals surface area contributed by atoms with Crippen LogP contribution in [0, 0.1) is 5.82 Å². The summed E-state index contributed by atoms with van der Waals surface area (Å²) in [4.78, 5) is 9.51.